The van der Waals surface area contributed by atoms with Gasteiger partial charge in [-0.25, -0.2) is 0 Å². The SMILES string of the molecule is Cc1ccsc1[C@@H]1Nc2ccccc2C(=O)N1c1ccc2c(c1)OCO2. The van der Waals surface area contributed by atoms with Gasteiger partial charge in [-0.15, -0.1) is 11.3 Å². The van der Waals surface area contributed by atoms with E-state index in [4.69, 9.17) is 9.47 Å². The topological polar surface area (TPSA) is 50.8 Å². The third kappa shape index (κ3) is 2.26. The van der Waals surface area contributed by atoms with Gasteiger partial charge in [0.05, 0.1) is 16.1 Å². The third-order valence-corrected chi connectivity index (χ3v) is 5.78. The van der Waals surface area contributed by atoms with Crippen molar-refractivity contribution in [3.8, 4) is 11.5 Å². The normalized spacial score (nSPS) is 17.8. The Morgan fingerprint density at radius 2 is 1.96 bits per heavy atom. The van der Waals surface area contributed by atoms with E-state index in [1.165, 1.54) is 0 Å². The predicted octanol–water partition coefficient (Wildman–Crippen LogP) is 4.56. The van der Waals surface area contributed by atoms with E-state index in [9.17, 15) is 4.79 Å². The number of hydrogen-bond acceptors (Lipinski definition) is 5. The van der Waals surface area contributed by atoms with Gasteiger partial charge < -0.3 is 14.8 Å². The molecule has 2 aliphatic heterocycles. The second-order valence-corrected chi connectivity index (χ2v) is 7.22. The maximum atomic E-state index is 13.4. The number of nitrogens with zero attached hydrogens (tertiary/aromatic N) is 1. The first-order valence-corrected chi connectivity index (χ1v) is 9.23. The van der Waals surface area contributed by atoms with Crippen LogP contribution in [-0.2, 0) is 0 Å². The van der Waals surface area contributed by atoms with Gasteiger partial charge in [0.15, 0.2) is 11.5 Å². The van der Waals surface area contributed by atoms with E-state index >= 15 is 0 Å². The minimum Gasteiger partial charge on any atom is -0.454 e. The Labute approximate surface area is 154 Å². The molecule has 2 aromatic carbocycles. The van der Waals surface area contributed by atoms with Crippen LogP contribution in [0.3, 0.4) is 0 Å². The highest BCUT2D eigenvalue weighted by Crippen LogP contribution is 2.42. The summed E-state index contributed by atoms with van der Waals surface area (Å²) in [6.07, 6.45) is -0.266. The first-order valence-electron chi connectivity index (χ1n) is 8.35. The van der Waals surface area contributed by atoms with Gasteiger partial charge in [-0.1, -0.05) is 12.1 Å². The van der Waals surface area contributed by atoms with Gasteiger partial charge in [0, 0.05) is 11.8 Å². The molecule has 1 N–H and O–H groups in total. The fraction of sp³-hybridized carbons (Fsp3) is 0.150. The van der Waals surface area contributed by atoms with E-state index in [0.29, 0.717) is 17.1 Å². The molecule has 0 fully saturated rings. The van der Waals surface area contributed by atoms with Crippen molar-refractivity contribution < 1.29 is 14.3 Å². The number of hydrogen-bond donors (Lipinski definition) is 1. The van der Waals surface area contributed by atoms with Crippen LogP contribution in [0.15, 0.2) is 53.9 Å². The van der Waals surface area contributed by atoms with Crippen LogP contribution in [0.1, 0.15) is 27.0 Å². The fourth-order valence-electron chi connectivity index (χ4n) is 3.40. The largest absolute Gasteiger partial charge is 0.454 e. The minimum absolute atomic E-state index is 0.0315. The van der Waals surface area contributed by atoms with Crippen molar-refractivity contribution in [1.82, 2.24) is 0 Å². The van der Waals surface area contributed by atoms with Crippen molar-refractivity contribution >= 4 is 28.6 Å². The lowest BCUT2D eigenvalue weighted by Crippen LogP contribution is -2.43. The summed E-state index contributed by atoms with van der Waals surface area (Å²) in [5, 5.41) is 5.58. The van der Waals surface area contributed by atoms with Crippen molar-refractivity contribution in [3.63, 3.8) is 0 Å². The van der Waals surface area contributed by atoms with Crippen LogP contribution >= 0.6 is 11.3 Å². The standard InChI is InChI=1S/C20H16N2O3S/c1-12-8-9-26-18(12)19-21-15-5-3-2-4-14(15)20(23)22(19)13-6-7-16-17(10-13)25-11-24-16/h2-10,19,21H,11H2,1H3/t19-/m1/s1. The summed E-state index contributed by atoms with van der Waals surface area (Å²) in [4.78, 5) is 16.3. The maximum Gasteiger partial charge on any atom is 0.262 e. The number of ether oxygens (including phenoxy) is 2. The molecule has 2 aliphatic rings. The van der Waals surface area contributed by atoms with Crippen LogP contribution in [0.5, 0.6) is 11.5 Å². The number of thiophene rings is 1. The van der Waals surface area contributed by atoms with E-state index in [0.717, 1.165) is 21.8 Å². The Kier molecular flexibility index (Phi) is 3.39. The van der Waals surface area contributed by atoms with E-state index in [1.54, 1.807) is 16.2 Å². The molecule has 5 nitrogen and oxygen atoms in total. The summed E-state index contributed by atoms with van der Waals surface area (Å²) in [6, 6.07) is 15.3. The summed E-state index contributed by atoms with van der Waals surface area (Å²) in [5.74, 6) is 1.34. The number of carbonyl (C=O) groups excluding carboxylic acids is 1. The molecule has 0 spiro atoms. The Balaban J connectivity index is 1.67. The Morgan fingerprint density at radius 1 is 1.12 bits per heavy atom. The van der Waals surface area contributed by atoms with Gasteiger partial charge in [0.25, 0.3) is 5.91 Å². The highest BCUT2D eigenvalue weighted by atomic mass is 32.1. The summed E-state index contributed by atoms with van der Waals surface area (Å²) < 4.78 is 10.9. The van der Waals surface area contributed by atoms with Crippen molar-refractivity contribution in [1.29, 1.82) is 0 Å². The first-order chi connectivity index (χ1) is 12.7. The molecule has 0 unspecified atom stereocenters. The predicted molar refractivity (Wildman–Crippen MR) is 101 cm³/mol. The lowest BCUT2D eigenvalue weighted by Gasteiger charge is -2.37. The second-order valence-electron chi connectivity index (χ2n) is 6.27. The Hall–Kier alpha value is -2.99. The zero-order chi connectivity index (χ0) is 17.7. The van der Waals surface area contributed by atoms with Gasteiger partial charge in [0.1, 0.15) is 6.17 Å². The third-order valence-electron chi connectivity index (χ3n) is 4.71. The Bertz CT molecular complexity index is 1010. The second kappa shape index (κ2) is 5.78. The lowest BCUT2D eigenvalue weighted by molar-refractivity contribution is 0.0975. The van der Waals surface area contributed by atoms with Crippen LogP contribution in [0.25, 0.3) is 0 Å². The van der Waals surface area contributed by atoms with Gasteiger partial charge in [-0.05, 0) is 48.2 Å². The van der Waals surface area contributed by atoms with Gasteiger partial charge in [0.2, 0.25) is 6.79 Å². The molecule has 0 saturated carbocycles. The highest BCUT2D eigenvalue weighted by Gasteiger charge is 2.36. The molecule has 130 valence electrons. The number of aryl methyl sites for hydroxylation is 1. The van der Waals surface area contributed by atoms with Crippen molar-refractivity contribution in [2.75, 3.05) is 17.0 Å². The minimum atomic E-state index is -0.266. The summed E-state index contributed by atoms with van der Waals surface area (Å²) in [6.45, 7) is 2.28. The van der Waals surface area contributed by atoms with E-state index in [1.807, 2.05) is 42.5 Å². The molecular formula is C20H16N2O3S. The van der Waals surface area contributed by atoms with E-state index < -0.39 is 0 Å². The Morgan fingerprint density at radius 3 is 2.81 bits per heavy atom. The molecule has 3 aromatic rings. The monoisotopic (exact) mass is 364 g/mol. The van der Waals surface area contributed by atoms with Crippen LogP contribution in [-0.4, -0.2) is 12.7 Å². The molecule has 5 rings (SSSR count). The van der Waals surface area contributed by atoms with Gasteiger partial charge >= 0.3 is 0 Å². The van der Waals surface area contributed by atoms with E-state index in [-0.39, 0.29) is 18.9 Å². The molecule has 26 heavy (non-hydrogen) atoms. The number of para-hydroxylation sites is 1. The quantitative estimate of drug-likeness (QED) is 0.724. The number of carbonyl (C=O) groups is 1. The van der Waals surface area contributed by atoms with Gasteiger partial charge in [-0.3, -0.25) is 9.69 Å². The number of fused-ring (bicyclic) bond motifs is 2. The molecule has 0 radical (unpaired) electrons. The number of amides is 1. The maximum absolute atomic E-state index is 13.4. The van der Waals surface area contributed by atoms with Crippen LogP contribution in [0, 0.1) is 6.92 Å². The average molecular weight is 364 g/mol. The summed E-state index contributed by atoms with van der Waals surface area (Å²) in [5.41, 5.74) is 3.45. The summed E-state index contributed by atoms with van der Waals surface area (Å²) >= 11 is 1.64. The number of anilines is 2. The molecule has 0 saturated heterocycles. The molecule has 0 aliphatic carbocycles. The van der Waals surface area contributed by atoms with Crippen molar-refractivity contribution in [2.45, 2.75) is 13.1 Å². The fourth-order valence-corrected chi connectivity index (χ4v) is 4.37. The van der Waals surface area contributed by atoms with Crippen molar-refractivity contribution in [3.05, 3.63) is 69.9 Å². The lowest BCUT2D eigenvalue weighted by atomic mass is 10.0. The molecule has 1 atom stereocenters. The zero-order valence-electron chi connectivity index (χ0n) is 14.1. The molecular weight excluding hydrogens is 348 g/mol. The van der Waals surface area contributed by atoms with Crippen LogP contribution in [0.2, 0.25) is 0 Å². The zero-order valence-corrected chi connectivity index (χ0v) is 14.9. The average Bonchev–Trinajstić information content (AvgIpc) is 3.29. The smallest absolute Gasteiger partial charge is 0.262 e. The van der Waals surface area contributed by atoms with Crippen LogP contribution < -0.4 is 19.7 Å². The number of nitrogens with one attached hydrogen (secondary N) is 1. The molecule has 1 aromatic heterocycles. The molecule has 3 heterocycles. The van der Waals surface area contributed by atoms with Crippen molar-refractivity contribution in [2.24, 2.45) is 0 Å². The molecule has 1 amide bonds. The number of benzene rings is 2. The first kappa shape index (κ1) is 15.3. The molecule has 6 heteroatoms. The highest BCUT2D eigenvalue weighted by molar-refractivity contribution is 7.10. The van der Waals surface area contributed by atoms with Gasteiger partial charge in [-0.2, -0.15) is 0 Å². The summed E-state index contributed by atoms with van der Waals surface area (Å²) in [7, 11) is 0. The number of rotatable bonds is 2. The molecule has 0 bridgehead atoms. The van der Waals surface area contributed by atoms with E-state index in [2.05, 4.69) is 23.7 Å². The van der Waals surface area contributed by atoms with Crippen LogP contribution in [0.4, 0.5) is 11.4 Å².